The van der Waals surface area contributed by atoms with Crippen molar-refractivity contribution in [2.24, 2.45) is 0 Å². The van der Waals surface area contributed by atoms with Crippen LogP contribution in [0.3, 0.4) is 0 Å². The van der Waals surface area contributed by atoms with Crippen LogP contribution in [0.4, 0.5) is 0 Å². The third kappa shape index (κ3) is 6.53. The van der Waals surface area contributed by atoms with E-state index in [0.717, 1.165) is 36.0 Å². The molecule has 0 amide bonds. The Morgan fingerprint density at radius 1 is 0.613 bits per heavy atom. The van der Waals surface area contributed by atoms with Gasteiger partial charge in [-0.15, -0.1) is 0 Å². The fraction of sp³-hybridized carbons (Fsp3) is 0.379. The Labute approximate surface area is 187 Å². The molecule has 0 aromatic heterocycles. The van der Waals surface area contributed by atoms with E-state index in [1.807, 2.05) is 6.92 Å². The number of benzene rings is 3. The van der Waals surface area contributed by atoms with Crippen LogP contribution in [-0.4, -0.2) is 17.8 Å². The summed E-state index contributed by atoms with van der Waals surface area (Å²) in [7, 11) is 0. The molecular formula is C29H36O2. The van der Waals surface area contributed by atoms with Crippen LogP contribution in [0.25, 0.3) is 0 Å². The van der Waals surface area contributed by atoms with Crippen molar-refractivity contribution in [3.63, 3.8) is 0 Å². The fourth-order valence-corrected chi connectivity index (χ4v) is 4.24. The van der Waals surface area contributed by atoms with E-state index >= 15 is 0 Å². The Bertz CT molecular complexity index is 747. The second-order valence-corrected chi connectivity index (χ2v) is 8.39. The van der Waals surface area contributed by atoms with Gasteiger partial charge >= 0.3 is 0 Å². The average molecular weight is 417 g/mol. The van der Waals surface area contributed by atoms with Gasteiger partial charge < -0.3 is 9.84 Å². The summed E-state index contributed by atoms with van der Waals surface area (Å²) in [5.41, 5.74) is 2.86. The van der Waals surface area contributed by atoms with E-state index in [2.05, 4.69) is 91.0 Å². The van der Waals surface area contributed by atoms with Gasteiger partial charge in [0.2, 0.25) is 0 Å². The van der Waals surface area contributed by atoms with Crippen LogP contribution in [-0.2, 0) is 10.3 Å². The van der Waals surface area contributed by atoms with E-state index in [9.17, 15) is 5.11 Å². The summed E-state index contributed by atoms with van der Waals surface area (Å²) in [6.07, 6.45) is 7.73. The van der Waals surface area contributed by atoms with E-state index in [-0.39, 0.29) is 6.10 Å². The van der Waals surface area contributed by atoms with Crippen molar-refractivity contribution in [2.45, 2.75) is 63.6 Å². The number of rotatable bonds is 13. The van der Waals surface area contributed by atoms with Crippen LogP contribution in [0.5, 0.6) is 0 Å². The number of ether oxygens (including phenoxy) is 1. The van der Waals surface area contributed by atoms with Gasteiger partial charge in [-0.2, -0.15) is 0 Å². The highest BCUT2D eigenvalue weighted by Crippen LogP contribution is 2.40. The quantitative estimate of drug-likeness (QED) is 0.238. The minimum atomic E-state index is -0.610. The Hall–Kier alpha value is -2.42. The molecule has 0 spiro atoms. The Kier molecular flexibility index (Phi) is 9.33. The molecule has 31 heavy (non-hydrogen) atoms. The van der Waals surface area contributed by atoms with Gasteiger partial charge in [-0.1, -0.05) is 123 Å². The molecule has 0 heterocycles. The van der Waals surface area contributed by atoms with E-state index < -0.39 is 5.60 Å². The van der Waals surface area contributed by atoms with Crippen molar-refractivity contribution in [3.05, 3.63) is 108 Å². The molecule has 3 rings (SSSR count). The minimum Gasteiger partial charge on any atom is -0.393 e. The molecule has 2 nitrogen and oxygen atoms in total. The SMILES string of the molecule is C[C@H](O)CCCCCCCCOC(c1ccccc1)(c1ccccc1)c1ccccc1. The molecule has 0 saturated heterocycles. The second kappa shape index (κ2) is 12.4. The first-order valence-corrected chi connectivity index (χ1v) is 11.7. The summed E-state index contributed by atoms with van der Waals surface area (Å²) >= 11 is 0. The Morgan fingerprint density at radius 3 is 1.42 bits per heavy atom. The van der Waals surface area contributed by atoms with Crippen LogP contribution in [0, 0.1) is 0 Å². The van der Waals surface area contributed by atoms with Gasteiger partial charge in [-0.3, -0.25) is 0 Å². The van der Waals surface area contributed by atoms with Crippen molar-refractivity contribution in [1.29, 1.82) is 0 Å². The molecule has 0 fully saturated rings. The first kappa shape index (κ1) is 23.2. The highest BCUT2D eigenvalue weighted by Gasteiger charge is 2.37. The van der Waals surface area contributed by atoms with Crippen LogP contribution in [0.1, 0.15) is 68.6 Å². The molecule has 0 bridgehead atoms. The number of hydrogen-bond donors (Lipinski definition) is 1. The molecule has 1 atom stereocenters. The molecule has 2 heteroatoms. The molecule has 0 radical (unpaired) electrons. The topological polar surface area (TPSA) is 29.5 Å². The second-order valence-electron chi connectivity index (χ2n) is 8.39. The summed E-state index contributed by atoms with van der Waals surface area (Å²) < 4.78 is 6.81. The predicted molar refractivity (Wildman–Crippen MR) is 129 cm³/mol. The summed E-state index contributed by atoms with van der Waals surface area (Å²) in [5, 5.41) is 9.37. The van der Waals surface area contributed by atoms with E-state index in [1.54, 1.807) is 0 Å². The molecule has 0 saturated carbocycles. The smallest absolute Gasteiger partial charge is 0.143 e. The maximum atomic E-state index is 9.37. The van der Waals surface area contributed by atoms with E-state index in [0.29, 0.717) is 6.61 Å². The highest BCUT2D eigenvalue weighted by molar-refractivity contribution is 5.47. The first-order chi connectivity index (χ1) is 15.2. The van der Waals surface area contributed by atoms with Crippen LogP contribution >= 0.6 is 0 Å². The molecule has 3 aromatic carbocycles. The zero-order valence-electron chi connectivity index (χ0n) is 18.7. The van der Waals surface area contributed by atoms with Gasteiger partial charge in [0.15, 0.2) is 0 Å². The van der Waals surface area contributed by atoms with E-state index in [4.69, 9.17) is 4.74 Å². The zero-order chi connectivity index (χ0) is 21.8. The maximum Gasteiger partial charge on any atom is 0.143 e. The van der Waals surface area contributed by atoms with Gasteiger partial charge in [-0.25, -0.2) is 0 Å². The third-order valence-corrected chi connectivity index (χ3v) is 5.88. The Morgan fingerprint density at radius 2 is 1.00 bits per heavy atom. The lowest BCUT2D eigenvalue weighted by Gasteiger charge is -2.36. The molecule has 0 aliphatic heterocycles. The number of unbranched alkanes of at least 4 members (excludes halogenated alkanes) is 5. The fourth-order valence-electron chi connectivity index (χ4n) is 4.24. The van der Waals surface area contributed by atoms with Crippen LogP contribution in [0.2, 0.25) is 0 Å². The van der Waals surface area contributed by atoms with Crippen molar-refractivity contribution >= 4 is 0 Å². The summed E-state index contributed by atoms with van der Waals surface area (Å²) in [4.78, 5) is 0. The molecule has 164 valence electrons. The van der Waals surface area contributed by atoms with Crippen LogP contribution in [0.15, 0.2) is 91.0 Å². The van der Waals surface area contributed by atoms with Crippen molar-refractivity contribution in [3.8, 4) is 0 Å². The number of aliphatic hydroxyl groups excluding tert-OH is 1. The normalized spacial score (nSPS) is 12.6. The zero-order valence-corrected chi connectivity index (χ0v) is 18.7. The average Bonchev–Trinajstić information content (AvgIpc) is 2.82. The molecule has 1 N–H and O–H groups in total. The lowest BCUT2D eigenvalue weighted by Crippen LogP contribution is -2.33. The number of hydrogen-bond acceptors (Lipinski definition) is 2. The Balaban J connectivity index is 1.72. The highest BCUT2D eigenvalue weighted by atomic mass is 16.5. The summed E-state index contributed by atoms with van der Waals surface area (Å²) in [6, 6.07) is 31.7. The summed E-state index contributed by atoms with van der Waals surface area (Å²) in [5.74, 6) is 0. The lowest BCUT2D eigenvalue weighted by molar-refractivity contribution is 0.0106. The van der Waals surface area contributed by atoms with Gasteiger partial charge in [0, 0.05) is 6.61 Å². The maximum absolute atomic E-state index is 9.37. The van der Waals surface area contributed by atoms with Gasteiger partial charge in [0.05, 0.1) is 6.10 Å². The van der Waals surface area contributed by atoms with Gasteiger partial charge in [0.25, 0.3) is 0 Å². The van der Waals surface area contributed by atoms with Gasteiger partial charge in [-0.05, 0) is 36.5 Å². The minimum absolute atomic E-state index is 0.171. The standard InChI is InChI=1S/C29H36O2/c1-25(30)17-9-4-2-3-5-16-24-31-29(26-18-10-6-11-19-26,27-20-12-7-13-21-27)28-22-14-8-15-23-28/h6-8,10-15,18-23,25,30H,2-5,9,16-17,24H2,1H3/t25-/m0/s1. The largest absolute Gasteiger partial charge is 0.393 e. The molecular weight excluding hydrogens is 380 g/mol. The predicted octanol–water partition coefficient (Wildman–Crippen LogP) is 7.11. The molecule has 3 aromatic rings. The molecule has 0 unspecified atom stereocenters. The van der Waals surface area contributed by atoms with Crippen molar-refractivity contribution < 1.29 is 9.84 Å². The van der Waals surface area contributed by atoms with Gasteiger partial charge in [0.1, 0.15) is 5.60 Å². The third-order valence-electron chi connectivity index (χ3n) is 5.88. The summed E-state index contributed by atoms with van der Waals surface area (Å²) in [6.45, 7) is 2.59. The van der Waals surface area contributed by atoms with Crippen LogP contribution < -0.4 is 0 Å². The van der Waals surface area contributed by atoms with Crippen molar-refractivity contribution in [1.82, 2.24) is 0 Å². The van der Waals surface area contributed by atoms with Crippen molar-refractivity contribution in [2.75, 3.05) is 6.61 Å². The molecule has 0 aliphatic rings. The first-order valence-electron chi connectivity index (χ1n) is 11.7. The van der Waals surface area contributed by atoms with E-state index in [1.165, 1.54) is 25.7 Å². The lowest BCUT2D eigenvalue weighted by atomic mass is 9.80. The monoisotopic (exact) mass is 416 g/mol. The molecule has 0 aliphatic carbocycles. The number of aliphatic hydroxyl groups is 1.